The van der Waals surface area contributed by atoms with E-state index in [9.17, 15) is 24.8 Å². The van der Waals surface area contributed by atoms with Crippen molar-refractivity contribution in [3.63, 3.8) is 0 Å². The molecule has 0 aliphatic carbocycles. The van der Waals surface area contributed by atoms with Crippen molar-refractivity contribution in [2.24, 2.45) is 0 Å². The molecule has 0 spiro atoms. The van der Waals surface area contributed by atoms with Crippen LogP contribution in [0.25, 0.3) is 5.76 Å². The number of H-pyrrole nitrogens is 1. The lowest BCUT2D eigenvalue weighted by Gasteiger charge is -2.27. The molecule has 1 aliphatic heterocycles. The van der Waals surface area contributed by atoms with Crippen LogP contribution in [0.5, 0.6) is 5.75 Å². The zero-order chi connectivity index (χ0) is 25.1. The molecule has 9 heteroatoms. The molecular weight excluding hydrogens is 450 g/mol. The molecule has 1 fully saturated rings. The van der Waals surface area contributed by atoms with E-state index in [0.29, 0.717) is 16.9 Å². The molecule has 0 radical (unpaired) electrons. The number of nitrogens with zero attached hydrogens (tertiary/aromatic N) is 2. The van der Waals surface area contributed by atoms with Crippen molar-refractivity contribution in [3.05, 3.63) is 105 Å². The van der Waals surface area contributed by atoms with Gasteiger partial charge in [-0.3, -0.25) is 19.7 Å². The average Bonchev–Trinajstić information content (AvgIpc) is 3.09. The van der Waals surface area contributed by atoms with Crippen LogP contribution in [-0.4, -0.2) is 27.6 Å². The summed E-state index contributed by atoms with van der Waals surface area (Å²) in [6, 6.07) is 14.4. The van der Waals surface area contributed by atoms with Crippen LogP contribution in [0.4, 0.5) is 5.69 Å². The summed E-state index contributed by atoms with van der Waals surface area (Å²) in [4.78, 5) is 41.2. The van der Waals surface area contributed by atoms with E-state index in [0.717, 1.165) is 0 Å². The number of nitro groups is 1. The largest absolute Gasteiger partial charge is 0.872 e. The van der Waals surface area contributed by atoms with Crippen molar-refractivity contribution in [2.45, 2.75) is 32.5 Å². The number of non-ortho nitro benzene ring substituents is 1. The quantitative estimate of drug-likeness (QED) is 0.171. The zero-order valence-corrected chi connectivity index (χ0v) is 19.1. The molecule has 1 amide bonds. The van der Waals surface area contributed by atoms with Crippen molar-refractivity contribution in [1.82, 2.24) is 4.90 Å². The minimum absolute atomic E-state index is 0.0349. The number of ketones is 1. The van der Waals surface area contributed by atoms with E-state index in [-0.39, 0.29) is 29.5 Å². The zero-order valence-electron chi connectivity index (χ0n) is 19.1. The van der Waals surface area contributed by atoms with Crippen LogP contribution in [0.15, 0.2) is 78.6 Å². The number of nitro benzene ring substituents is 1. The maximum absolute atomic E-state index is 13.5. The molecule has 0 saturated carbocycles. The van der Waals surface area contributed by atoms with E-state index in [1.54, 1.807) is 42.7 Å². The second-order valence-corrected chi connectivity index (χ2v) is 8.36. The Morgan fingerprint density at radius 2 is 1.86 bits per heavy atom. The highest BCUT2D eigenvalue weighted by Gasteiger charge is 2.44. The Morgan fingerprint density at radius 3 is 2.49 bits per heavy atom. The Balaban J connectivity index is 1.83. The Kier molecular flexibility index (Phi) is 6.59. The number of ether oxygens (including phenoxy) is 1. The highest BCUT2D eigenvalue weighted by atomic mass is 16.6. The van der Waals surface area contributed by atoms with Gasteiger partial charge in [0.15, 0.2) is 12.4 Å². The highest BCUT2D eigenvalue weighted by Crippen LogP contribution is 2.40. The van der Waals surface area contributed by atoms with Gasteiger partial charge in [-0.25, -0.2) is 4.98 Å². The maximum Gasteiger partial charge on any atom is 0.295 e. The summed E-state index contributed by atoms with van der Waals surface area (Å²) in [6.07, 6.45) is 3.32. The summed E-state index contributed by atoms with van der Waals surface area (Å²) >= 11 is 0. The molecule has 178 valence electrons. The predicted octanol–water partition coefficient (Wildman–Crippen LogP) is 2.62. The van der Waals surface area contributed by atoms with Gasteiger partial charge >= 0.3 is 0 Å². The Morgan fingerprint density at radius 1 is 1.11 bits per heavy atom. The van der Waals surface area contributed by atoms with Gasteiger partial charge in [0.25, 0.3) is 11.6 Å². The number of Topliss-reactive ketones (excluding diaryl/α,β-unsaturated/α-hetero) is 1. The first-order valence-corrected chi connectivity index (χ1v) is 11.0. The van der Waals surface area contributed by atoms with Crippen LogP contribution >= 0.6 is 0 Å². The molecular formula is C26H23N3O6. The molecule has 2 heterocycles. The summed E-state index contributed by atoms with van der Waals surface area (Å²) < 4.78 is 5.61. The lowest BCUT2D eigenvalue weighted by atomic mass is 9.95. The third kappa shape index (κ3) is 4.89. The van der Waals surface area contributed by atoms with Crippen LogP contribution in [0.2, 0.25) is 0 Å². The van der Waals surface area contributed by atoms with Gasteiger partial charge in [-0.15, -0.1) is 0 Å². The standard InChI is InChI=1S/C26H23N3O6/c1-16(2)35-21-10-8-18(9-11-21)24(30)22-23(19-6-3-7-20(13-19)29(33)34)28(26(32)25(22)31)15-17-5-4-12-27-14-17/h3-14,16,23,30H,15H2,1-2H3/b24-22+. The highest BCUT2D eigenvalue weighted by molar-refractivity contribution is 6.46. The summed E-state index contributed by atoms with van der Waals surface area (Å²) in [5, 5.41) is 24.9. The minimum Gasteiger partial charge on any atom is -0.872 e. The number of nitrogens with one attached hydrogen (secondary N) is 1. The molecule has 3 aromatic rings. The third-order valence-electron chi connectivity index (χ3n) is 5.54. The Labute approximate surface area is 201 Å². The van der Waals surface area contributed by atoms with Gasteiger partial charge in [0.05, 0.1) is 23.6 Å². The SMILES string of the molecule is CC(C)Oc1ccc(/C([O-])=C2\C(=O)C(=O)N(Cc3ccc[nH+]c3)C2c2cccc([N+](=O)[O-])c2)cc1. The van der Waals surface area contributed by atoms with Gasteiger partial charge in [-0.2, -0.15) is 0 Å². The van der Waals surface area contributed by atoms with Crippen molar-refractivity contribution >= 4 is 23.1 Å². The van der Waals surface area contributed by atoms with Crippen LogP contribution in [0.1, 0.15) is 36.6 Å². The number of benzene rings is 2. The van der Waals surface area contributed by atoms with Crippen molar-refractivity contribution in [3.8, 4) is 5.75 Å². The van der Waals surface area contributed by atoms with E-state index in [4.69, 9.17) is 4.74 Å². The summed E-state index contributed by atoms with van der Waals surface area (Å²) in [7, 11) is 0. The second kappa shape index (κ2) is 9.76. The first-order valence-electron chi connectivity index (χ1n) is 11.0. The number of likely N-dealkylation sites (tertiary alicyclic amines) is 1. The van der Waals surface area contributed by atoms with Crippen LogP contribution < -0.4 is 14.8 Å². The molecule has 1 unspecified atom stereocenters. The molecule has 1 atom stereocenters. The lowest BCUT2D eigenvalue weighted by Crippen LogP contribution is -2.29. The van der Waals surface area contributed by atoms with Gasteiger partial charge in [0.2, 0.25) is 5.78 Å². The molecule has 9 nitrogen and oxygen atoms in total. The maximum atomic E-state index is 13.5. The lowest BCUT2D eigenvalue weighted by molar-refractivity contribution is -0.385. The Bertz CT molecular complexity index is 1300. The van der Waals surface area contributed by atoms with Gasteiger partial charge < -0.3 is 14.7 Å². The fourth-order valence-corrected chi connectivity index (χ4v) is 4.03. The Hall–Kier alpha value is -4.53. The van der Waals surface area contributed by atoms with Gasteiger partial charge in [0.1, 0.15) is 5.75 Å². The number of aromatic amines is 1. The number of amides is 1. The van der Waals surface area contributed by atoms with E-state index in [2.05, 4.69) is 4.98 Å². The van der Waals surface area contributed by atoms with E-state index in [1.165, 1.54) is 35.2 Å². The molecule has 4 rings (SSSR count). The second-order valence-electron chi connectivity index (χ2n) is 8.36. The number of hydrogen-bond acceptors (Lipinski definition) is 6. The number of carbonyl (C=O) groups excluding carboxylic acids is 2. The number of pyridine rings is 1. The van der Waals surface area contributed by atoms with E-state index in [1.807, 2.05) is 13.8 Å². The molecule has 1 N–H and O–H groups in total. The summed E-state index contributed by atoms with van der Waals surface area (Å²) in [5.41, 5.74) is 0.772. The molecule has 2 aromatic carbocycles. The topological polar surface area (TPSA) is 127 Å². The normalized spacial score (nSPS) is 17.1. The minimum atomic E-state index is -1.07. The average molecular weight is 473 g/mol. The fraction of sp³-hybridized carbons (Fsp3) is 0.192. The van der Waals surface area contributed by atoms with Gasteiger partial charge in [0, 0.05) is 29.3 Å². The number of aromatic nitrogens is 1. The van der Waals surface area contributed by atoms with E-state index >= 15 is 0 Å². The van der Waals surface area contributed by atoms with Crippen LogP contribution in [0.3, 0.4) is 0 Å². The van der Waals surface area contributed by atoms with Gasteiger partial charge in [-0.05, 0) is 43.2 Å². The van der Waals surface area contributed by atoms with E-state index < -0.39 is 28.4 Å². The fourth-order valence-electron chi connectivity index (χ4n) is 4.03. The molecule has 0 bridgehead atoms. The molecule has 35 heavy (non-hydrogen) atoms. The summed E-state index contributed by atoms with van der Waals surface area (Å²) in [5.74, 6) is -1.81. The van der Waals surface area contributed by atoms with Crippen molar-refractivity contribution in [1.29, 1.82) is 0 Å². The first kappa shape index (κ1) is 23.6. The molecule has 1 aliphatic rings. The van der Waals surface area contributed by atoms with Crippen molar-refractivity contribution in [2.75, 3.05) is 0 Å². The monoisotopic (exact) mass is 473 g/mol. The summed E-state index contributed by atoms with van der Waals surface area (Å²) in [6.45, 7) is 3.79. The van der Waals surface area contributed by atoms with Crippen molar-refractivity contribution < 1.29 is 29.3 Å². The first-order chi connectivity index (χ1) is 16.8. The van der Waals surface area contributed by atoms with Gasteiger partial charge in [-0.1, -0.05) is 30.0 Å². The van der Waals surface area contributed by atoms with Crippen LogP contribution in [0, 0.1) is 10.1 Å². The third-order valence-corrected chi connectivity index (χ3v) is 5.54. The smallest absolute Gasteiger partial charge is 0.295 e. The number of carbonyl (C=O) groups is 2. The molecule has 1 aromatic heterocycles. The number of hydrogen-bond donors (Lipinski definition) is 0. The molecule has 1 saturated heterocycles. The predicted molar refractivity (Wildman–Crippen MR) is 124 cm³/mol. The number of rotatable bonds is 7. The van der Waals surface area contributed by atoms with Crippen LogP contribution in [-0.2, 0) is 16.1 Å².